The van der Waals surface area contributed by atoms with Gasteiger partial charge in [0.1, 0.15) is 16.9 Å². The summed E-state index contributed by atoms with van der Waals surface area (Å²) in [5.41, 5.74) is 3.77. The van der Waals surface area contributed by atoms with Crippen molar-refractivity contribution in [3.05, 3.63) is 62.5 Å². The van der Waals surface area contributed by atoms with Gasteiger partial charge in [0, 0.05) is 48.4 Å². The van der Waals surface area contributed by atoms with Gasteiger partial charge in [-0.1, -0.05) is 35.6 Å². The zero-order chi connectivity index (χ0) is 27.8. The van der Waals surface area contributed by atoms with E-state index in [4.69, 9.17) is 21.3 Å². The minimum absolute atomic E-state index is 0.00769. The predicted molar refractivity (Wildman–Crippen MR) is 155 cm³/mol. The Labute approximate surface area is 243 Å². The van der Waals surface area contributed by atoms with Crippen LogP contribution in [0.25, 0.3) is 5.00 Å². The molecule has 3 aliphatic heterocycles. The van der Waals surface area contributed by atoms with Crippen molar-refractivity contribution in [1.82, 2.24) is 19.7 Å². The first-order valence-corrected chi connectivity index (χ1v) is 15.0. The van der Waals surface area contributed by atoms with E-state index in [9.17, 15) is 9.90 Å². The number of benzene rings is 1. The van der Waals surface area contributed by atoms with Gasteiger partial charge in [-0.15, -0.1) is 21.5 Å². The molecule has 208 valence electrons. The van der Waals surface area contributed by atoms with Gasteiger partial charge >= 0.3 is 0 Å². The second kappa shape index (κ2) is 11.5. The number of thiophene rings is 1. The highest BCUT2D eigenvalue weighted by atomic mass is 35.5. The monoisotopic (exact) mass is 577 g/mol. The van der Waals surface area contributed by atoms with Crippen LogP contribution in [-0.4, -0.2) is 68.8 Å². The van der Waals surface area contributed by atoms with Gasteiger partial charge < -0.3 is 14.7 Å². The van der Waals surface area contributed by atoms with Crippen molar-refractivity contribution in [3.63, 3.8) is 0 Å². The summed E-state index contributed by atoms with van der Waals surface area (Å²) in [5, 5.41) is 20.5. The first-order valence-electron chi connectivity index (χ1n) is 13.8. The number of likely N-dealkylation sites (tertiary alicyclic amines) is 1. The molecule has 8 nitrogen and oxygen atoms in total. The van der Waals surface area contributed by atoms with E-state index in [1.54, 1.807) is 11.3 Å². The average Bonchev–Trinajstić information content (AvgIpc) is 3.46. The van der Waals surface area contributed by atoms with E-state index >= 15 is 0 Å². The molecule has 2 saturated heterocycles. The third-order valence-corrected chi connectivity index (χ3v) is 9.36. The smallest absolute Gasteiger partial charge is 0.225 e. The van der Waals surface area contributed by atoms with Crippen LogP contribution in [0.4, 0.5) is 0 Å². The fourth-order valence-electron chi connectivity index (χ4n) is 5.56. The molecule has 10 heteroatoms. The van der Waals surface area contributed by atoms with Crippen LogP contribution < -0.4 is 0 Å². The number of carbonyl (C=O) groups is 1. The predicted octanol–water partition coefficient (Wildman–Crippen LogP) is 4.64. The first-order chi connectivity index (χ1) is 19.4. The molecular formula is C30H32ClN5O3S. The summed E-state index contributed by atoms with van der Waals surface area (Å²) >= 11 is 7.87. The quantitative estimate of drug-likeness (QED) is 0.458. The van der Waals surface area contributed by atoms with E-state index in [1.165, 1.54) is 0 Å². The Hall–Kier alpha value is -3.03. The summed E-state index contributed by atoms with van der Waals surface area (Å²) in [6, 6.07) is 7.16. The summed E-state index contributed by atoms with van der Waals surface area (Å²) in [6.45, 7) is 6.64. The Balaban J connectivity index is 1.45. The van der Waals surface area contributed by atoms with Crippen molar-refractivity contribution in [2.45, 2.75) is 58.1 Å². The number of piperidine rings is 1. The van der Waals surface area contributed by atoms with Crippen LogP contribution in [-0.2, 0) is 9.53 Å². The lowest BCUT2D eigenvalue weighted by Crippen LogP contribution is -2.40. The number of amides is 1. The molecule has 0 radical (unpaired) electrons. The van der Waals surface area contributed by atoms with Crippen molar-refractivity contribution in [1.29, 1.82) is 0 Å². The molecule has 0 spiro atoms. The number of hydrogen-bond acceptors (Lipinski definition) is 7. The molecule has 6 rings (SSSR count). The van der Waals surface area contributed by atoms with Crippen molar-refractivity contribution in [3.8, 4) is 16.8 Å². The molecule has 5 heterocycles. The van der Waals surface area contributed by atoms with Crippen LogP contribution in [0, 0.1) is 31.6 Å². The number of aliphatic hydroxyl groups is 1. The van der Waals surface area contributed by atoms with Crippen LogP contribution in [0.5, 0.6) is 0 Å². The van der Waals surface area contributed by atoms with Gasteiger partial charge in [-0.05, 0) is 57.2 Å². The zero-order valence-electron chi connectivity index (χ0n) is 22.7. The van der Waals surface area contributed by atoms with Crippen molar-refractivity contribution in [2.75, 3.05) is 26.3 Å². The molecule has 3 aromatic rings. The fourth-order valence-corrected chi connectivity index (χ4v) is 6.91. The van der Waals surface area contributed by atoms with E-state index in [2.05, 4.69) is 33.5 Å². The van der Waals surface area contributed by atoms with Gasteiger partial charge in [0.15, 0.2) is 5.82 Å². The fraction of sp³-hybridized carbons (Fsp3) is 0.467. The first kappa shape index (κ1) is 27.2. The van der Waals surface area contributed by atoms with Gasteiger partial charge in [-0.2, -0.15) is 0 Å². The topological polar surface area (TPSA) is 92.8 Å². The van der Waals surface area contributed by atoms with Crippen molar-refractivity contribution >= 4 is 34.6 Å². The molecule has 1 amide bonds. The lowest BCUT2D eigenvalue weighted by Gasteiger charge is -2.30. The highest BCUT2D eigenvalue weighted by Crippen LogP contribution is 2.40. The summed E-state index contributed by atoms with van der Waals surface area (Å²) < 4.78 is 7.56. The molecule has 1 N–H and O–H groups in total. The number of hydrogen-bond donors (Lipinski definition) is 1. The summed E-state index contributed by atoms with van der Waals surface area (Å²) in [7, 11) is 0. The van der Waals surface area contributed by atoms with E-state index in [1.807, 2.05) is 36.1 Å². The normalized spacial score (nSPS) is 19.8. The molecule has 0 unspecified atom stereocenters. The molecule has 0 bridgehead atoms. The molecule has 0 aliphatic carbocycles. The molecule has 1 aromatic carbocycles. The van der Waals surface area contributed by atoms with Crippen LogP contribution >= 0.6 is 22.9 Å². The second-order valence-electron chi connectivity index (χ2n) is 10.6. The van der Waals surface area contributed by atoms with Crippen LogP contribution in [0.15, 0.2) is 29.3 Å². The number of aliphatic hydroxyl groups excluding tert-OH is 1. The van der Waals surface area contributed by atoms with E-state index < -0.39 is 6.04 Å². The van der Waals surface area contributed by atoms with Crippen LogP contribution in [0.3, 0.4) is 0 Å². The Kier molecular flexibility index (Phi) is 7.78. The number of halogens is 1. The number of aryl methyl sites for hydroxylation is 1. The number of nitrogens with zero attached hydrogens (tertiary/aromatic N) is 5. The van der Waals surface area contributed by atoms with Crippen LogP contribution in [0.1, 0.15) is 71.4 Å². The minimum Gasteiger partial charge on any atom is -0.393 e. The SMILES string of the molecule is Cc1c(C#CC2CCOCC2)sc2c1C(c1ccc(Cl)cc1)=N[C@@H](CC(=O)N1CCC(O)CC1)c1nnc(C)n1-2. The minimum atomic E-state index is -0.512. The van der Waals surface area contributed by atoms with Gasteiger partial charge in [0.2, 0.25) is 5.91 Å². The maximum Gasteiger partial charge on any atom is 0.225 e. The Bertz CT molecular complexity index is 1500. The molecule has 3 aliphatic rings. The highest BCUT2D eigenvalue weighted by molar-refractivity contribution is 7.15. The summed E-state index contributed by atoms with van der Waals surface area (Å²) in [4.78, 5) is 21.5. The largest absolute Gasteiger partial charge is 0.393 e. The maximum atomic E-state index is 13.4. The van der Waals surface area contributed by atoms with Crippen molar-refractivity contribution < 1.29 is 14.6 Å². The van der Waals surface area contributed by atoms with E-state index in [0.717, 1.165) is 64.2 Å². The van der Waals surface area contributed by atoms with Crippen molar-refractivity contribution in [2.24, 2.45) is 10.9 Å². The lowest BCUT2D eigenvalue weighted by molar-refractivity contribution is -0.133. The van der Waals surface area contributed by atoms with Gasteiger partial charge in [0.05, 0.1) is 23.1 Å². The number of aliphatic imine (C=N–C) groups is 1. The molecule has 2 aromatic heterocycles. The number of fused-ring (bicyclic) bond motifs is 3. The van der Waals surface area contributed by atoms with E-state index in [0.29, 0.717) is 42.7 Å². The Morgan fingerprint density at radius 2 is 1.85 bits per heavy atom. The molecular weight excluding hydrogens is 546 g/mol. The van der Waals surface area contributed by atoms with Gasteiger partial charge in [-0.25, -0.2) is 0 Å². The van der Waals surface area contributed by atoms with Gasteiger partial charge in [-0.3, -0.25) is 14.4 Å². The number of aromatic nitrogens is 3. The molecule has 2 fully saturated rings. The zero-order valence-corrected chi connectivity index (χ0v) is 24.3. The summed E-state index contributed by atoms with van der Waals surface area (Å²) in [6.07, 6.45) is 2.93. The third-order valence-electron chi connectivity index (χ3n) is 7.91. The Morgan fingerprint density at radius 1 is 1.12 bits per heavy atom. The number of ether oxygens (including phenoxy) is 1. The second-order valence-corrected chi connectivity index (χ2v) is 12.1. The standard InChI is InChI=1S/C30H32ClN5O3S/c1-18-25(8-3-20-11-15-39-16-12-20)40-30-27(18)28(21-4-6-22(31)7-5-21)32-24(29-34-33-19(2)36(29)30)17-26(38)35-13-9-23(37)10-14-35/h4-7,20,23-24,37H,9-17H2,1-2H3/t24-/m0/s1. The maximum absolute atomic E-state index is 13.4. The van der Waals surface area contributed by atoms with Crippen LogP contribution in [0.2, 0.25) is 5.02 Å². The molecule has 1 atom stereocenters. The highest BCUT2D eigenvalue weighted by Gasteiger charge is 2.34. The number of carbonyl (C=O) groups excluding carboxylic acids is 1. The number of rotatable bonds is 3. The van der Waals surface area contributed by atoms with E-state index in [-0.39, 0.29) is 18.4 Å². The molecule has 0 saturated carbocycles. The third kappa shape index (κ3) is 5.34. The lowest BCUT2D eigenvalue weighted by atomic mass is 9.98. The average molecular weight is 578 g/mol. The van der Waals surface area contributed by atoms with Gasteiger partial charge in [0.25, 0.3) is 0 Å². The summed E-state index contributed by atoms with van der Waals surface area (Å²) in [5.74, 6) is 8.70. The Morgan fingerprint density at radius 3 is 2.58 bits per heavy atom. The molecule has 40 heavy (non-hydrogen) atoms.